The molecule has 0 aromatic heterocycles. The van der Waals surface area contributed by atoms with Gasteiger partial charge in [-0.1, -0.05) is 6.92 Å². The first kappa shape index (κ1) is 29.2. The maximum absolute atomic E-state index is 13.1. The Hall–Kier alpha value is -2.38. The lowest BCUT2D eigenvalue weighted by Crippen LogP contribution is -2.49. The lowest BCUT2D eigenvalue weighted by atomic mass is 9.66. The van der Waals surface area contributed by atoms with Gasteiger partial charge in [-0.2, -0.15) is 17.5 Å². The predicted molar refractivity (Wildman–Crippen MR) is 128 cm³/mol. The molecule has 2 aliphatic heterocycles. The first-order valence-electron chi connectivity index (χ1n) is 12.1. The molecule has 1 saturated carbocycles. The first-order valence-corrected chi connectivity index (χ1v) is 13.6. The smallest absolute Gasteiger partial charge is 0.490 e. The van der Waals surface area contributed by atoms with Gasteiger partial charge in [0.05, 0.1) is 17.4 Å². The average Bonchev–Trinajstić information content (AvgIpc) is 3.40. The SMILES string of the molecule is CCN1C[C@H]2C3(CCN(S(=O)(=O)c4ccc(OC)cc4)CC3)CC[C@@]2(C(=O)NC)C1.O=C(O)C(F)(F)F. The number of nitrogens with one attached hydrogen (secondary N) is 1. The highest BCUT2D eigenvalue weighted by atomic mass is 32.2. The second-order valence-corrected chi connectivity index (χ2v) is 11.8. The normalized spacial score (nSPS) is 25.7. The number of aliphatic carboxylic acids is 1. The zero-order chi connectivity index (χ0) is 27.6. The van der Waals surface area contributed by atoms with Crippen LogP contribution in [0.5, 0.6) is 5.75 Å². The lowest BCUT2D eigenvalue weighted by molar-refractivity contribution is -0.192. The topological polar surface area (TPSA) is 116 Å². The zero-order valence-electron chi connectivity index (χ0n) is 21.2. The molecule has 0 unspecified atom stereocenters. The van der Waals surface area contributed by atoms with Gasteiger partial charge in [-0.05, 0) is 67.8 Å². The van der Waals surface area contributed by atoms with Crippen LogP contribution in [0.15, 0.2) is 29.2 Å². The summed E-state index contributed by atoms with van der Waals surface area (Å²) >= 11 is 0. The van der Waals surface area contributed by atoms with E-state index in [4.69, 9.17) is 14.6 Å². The van der Waals surface area contributed by atoms with Crippen LogP contribution in [0.25, 0.3) is 0 Å². The minimum Gasteiger partial charge on any atom is -0.497 e. The van der Waals surface area contributed by atoms with Gasteiger partial charge in [-0.15, -0.1) is 0 Å². The Kier molecular flexibility index (Phi) is 8.50. The van der Waals surface area contributed by atoms with Gasteiger partial charge in [0, 0.05) is 33.2 Å². The van der Waals surface area contributed by atoms with Crippen LogP contribution in [0.4, 0.5) is 13.2 Å². The molecule has 2 heterocycles. The molecule has 9 nitrogen and oxygen atoms in total. The molecule has 1 spiro atoms. The van der Waals surface area contributed by atoms with Crippen LogP contribution < -0.4 is 10.1 Å². The van der Waals surface area contributed by atoms with E-state index in [1.807, 2.05) is 0 Å². The van der Waals surface area contributed by atoms with Crippen LogP contribution in [0, 0.1) is 16.7 Å². The first-order chi connectivity index (χ1) is 17.3. The average molecular weight is 550 g/mol. The Morgan fingerprint density at radius 1 is 1.14 bits per heavy atom. The minimum absolute atomic E-state index is 0.0579. The molecule has 3 fully saturated rings. The number of carbonyl (C=O) groups excluding carboxylic acids is 1. The highest BCUT2D eigenvalue weighted by Crippen LogP contribution is 2.62. The molecule has 4 rings (SSSR count). The molecule has 1 aliphatic carbocycles. The van der Waals surface area contributed by atoms with Crippen molar-refractivity contribution < 1.29 is 41.0 Å². The summed E-state index contributed by atoms with van der Waals surface area (Å²) in [6.45, 7) is 5.89. The van der Waals surface area contributed by atoms with Gasteiger partial charge >= 0.3 is 12.1 Å². The van der Waals surface area contributed by atoms with E-state index < -0.39 is 22.2 Å². The van der Waals surface area contributed by atoms with E-state index in [2.05, 4.69) is 17.1 Å². The number of carbonyl (C=O) groups is 2. The van der Waals surface area contributed by atoms with Crippen LogP contribution in [0.2, 0.25) is 0 Å². The molecule has 1 amide bonds. The van der Waals surface area contributed by atoms with Crippen molar-refractivity contribution in [2.24, 2.45) is 16.7 Å². The second kappa shape index (κ2) is 10.8. The molecule has 208 valence electrons. The monoisotopic (exact) mass is 549 g/mol. The third-order valence-electron chi connectivity index (χ3n) is 8.21. The molecule has 0 radical (unpaired) electrons. The summed E-state index contributed by atoms with van der Waals surface area (Å²) in [4.78, 5) is 24.5. The number of amides is 1. The summed E-state index contributed by atoms with van der Waals surface area (Å²) in [7, 11) is -0.219. The van der Waals surface area contributed by atoms with Gasteiger partial charge in [0.25, 0.3) is 0 Å². The van der Waals surface area contributed by atoms with Crippen molar-refractivity contribution in [3.63, 3.8) is 0 Å². The standard InChI is InChI=1S/C22H33N3O4S.C2HF3O2/c1-4-24-15-19-21(9-10-22(19,16-24)20(26)23-2)11-13-25(14-12-21)30(27,28)18-7-5-17(29-3)6-8-18;3-2(4,5)1(6)7/h5-8,19H,4,9-16H2,1-3H3,(H,23,26);(H,6,7)/t19-,22+;/m0./s1. The molecule has 37 heavy (non-hydrogen) atoms. The van der Waals surface area contributed by atoms with E-state index >= 15 is 0 Å². The molecular weight excluding hydrogens is 515 g/mol. The number of fused-ring (bicyclic) bond motifs is 2. The van der Waals surface area contributed by atoms with Crippen molar-refractivity contribution in [1.82, 2.24) is 14.5 Å². The minimum atomic E-state index is -5.08. The molecule has 3 aliphatic rings. The molecular formula is C24H34F3N3O6S. The largest absolute Gasteiger partial charge is 0.497 e. The lowest BCUT2D eigenvalue weighted by Gasteiger charge is -2.44. The van der Waals surface area contributed by atoms with Crippen molar-refractivity contribution >= 4 is 21.9 Å². The highest BCUT2D eigenvalue weighted by Gasteiger charge is 2.64. The number of carboxylic acids is 1. The van der Waals surface area contributed by atoms with Crippen LogP contribution in [-0.4, -0.2) is 87.7 Å². The number of methoxy groups -OCH3 is 1. The summed E-state index contributed by atoms with van der Waals surface area (Å²) in [5, 5.41) is 10.0. The molecule has 1 aromatic rings. The van der Waals surface area contributed by atoms with E-state index in [0.717, 1.165) is 45.3 Å². The number of piperidine rings is 1. The number of hydrogen-bond donors (Lipinski definition) is 2. The van der Waals surface area contributed by atoms with Gasteiger partial charge in [-0.25, -0.2) is 13.2 Å². The van der Waals surface area contributed by atoms with Crippen LogP contribution >= 0.6 is 0 Å². The Labute approximate surface area is 215 Å². The van der Waals surface area contributed by atoms with Crippen molar-refractivity contribution in [2.45, 2.75) is 43.7 Å². The van der Waals surface area contributed by atoms with Gasteiger partial charge in [0.1, 0.15) is 5.75 Å². The number of halogens is 3. The van der Waals surface area contributed by atoms with E-state index in [0.29, 0.717) is 29.7 Å². The number of rotatable bonds is 5. The van der Waals surface area contributed by atoms with Crippen molar-refractivity contribution in [2.75, 3.05) is 46.9 Å². The maximum Gasteiger partial charge on any atom is 0.490 e. The van der Waals surface area contributed by atoms with Crippen LogP contribution in [-0.2, 0) is 19.6 Å². The summed E-state index contributed by atoms with van der Waals surface area (Å²) in [6.07, 6.45) is -1.52. The number of benzene rings is 1. The third kappa shape index (κ3) is 5.58. The quantitative estimate of drug-likeness (QED) is 0.580. The fourth-order valence-corrected chi connectivity index (χ4v) is 7.63. The molecule has 13 heteroatoms. The van der Waals surface area contributed by atoms with Crippen molar-refractivity contribution in [3.8, 4) is 5.75 Å². The van der Waals surface area contributed by atoms with Crippen molar-refractivity contribution in [1.29, 1.82) is 0 Å². The Morgan fingerprint density at radius 2 is 1.70 bits per heavy atom. The fraction of sp³-hybridized carbons (Fsp3) is 0.667. The van der Waals surface area contributed by atoms with Crippen LogP contribution in [0.1, 0.15) is 32.6 Å². The zero-order valence-corrected chi connectivity index (χ0v) is 22.0. The number of alkyl halides is 3. The van der Waals surface area contributed by atoms with E-state index in [1.54, 1.807) is 42.7 Å². The highest BCUT2D eigenvalue weighted by molar-refractivity contribution is 7.89. The summed E-state index contributed by atoms with van der Waals surface area (Å²) < 4.78 is 64.8. The Bertz CT molecular complexity index is 1090. The number of likely N-dealkylation sites (tertiary alicyclic amines) is 1. The van der Waals surface area contributed by atoms with Gasteiger partial charge in [0.2, 0.25) is 15.9 Å². The number of nitrogens with zero attached hydrogens (tertiary/aromatic N) is 2. The fourth-order valence-electron chi connectivity index (χ4n) is 6.19. The molecule has 2 N–H and O–H groups in total. The van der Waals surface area contributed by atoms with Gasteiger partial charge in [0.15, 0.2) is 0 Å². The van der Waals surface area contributed by atoms with Crippen molar-refractivity contribution in [3.05, 3.63) is 24.3 Å². The molecule has 1 aromatic carbocycles. The Balaban J connectivity index is 0.000000479. The second-order valence-electron chi connectivity index (χ2n) is 9.86. The van der Waals surface area contributed by atoms with Crippen LogP contribution in [0.3, 0.4) is 0 Å². The summed E-state index contributed by atoms with van der Waals surface area (Å²) in [5.41, 5.74) is -0.260. The number of carboxylic acid groups (broad SMARTS) is 1. The molecule has 2 saturated heterocycles. The maximum atomic E-state index is 13.1. The van der Waals surface area contributed by atoms with E-state index in [-0.39, 0.29) is 16.7 Å². The van der Waals surface area contributed by atoms with E-state index in [9.17, 15) is 26.4 Å². The number of sulfonamides is 1. The van der Waals surface area contributed by atoms with E-state index in [1.165, 1.54) is 0 Å². The molecule has 0 bridgehead atoms. The Morgan fingerprint density at radius 3 is 2.16 bits per heavy atom. The predicted octanol–water partition coefficient (Wildman–Crippen LogP) is 2.58. The number of ether oxygens (including phenoxy) is 1. The van der Waals surface area contributed by atoms with Gasteiger partial charge in [-0.3, -0.25) is 4.79 Å². The summed E-state index contributed by atoms with van der Waals surface area (Å²) in [6, 6.07) is 6.59. The van der Waals surface area contributed by atoms with Gasteiger partial charge < -0.3 is 20.1 Å². The third-order valence-corrected chi connectivity index (χ3v) is 10.1. The molecule has 2 atom stereocenters. The number of hydrogen-bond acceptors (Lipinski definition) is 6. The summed E-state index contributed by atoms with van der Waals surface area (Å²) in [5.74, 6) is -1.65.